The van der Waals surface area contributed by atoms with Crippen LogP contribution in [0.25, 0.3) is 0 Å². The highest BCUT2D eigenvalue weighted by Crippen LogP contribution is 2.29. The van der Waals surface area contributed by atoms with Gasteiger partial charge in [0, 0.05) is 6.54 Å². The lowest BCUT2D eigenvalue weighted by molar-refractivity contribution is -0.137. The van der Waals surface area contributed by atoms with Gasteiger partial charge in [-0.25, -0.2) is 4.79 Å². The van der Waals surface area contributed by atoms with Crippen LogP contribution in [0.15, 0.2) is 24.3 Å². The summed E-state index contributed by atoms with van der Waals surface area (Å²) in [7, 11) is 0. The molecule has 0 spiro atoms. The van der Waals surface area contributed by atoms with Crippen LogP contribution in [0.4, 0.5) is 18.0 Å². The summed E-state index contributed by atoms with van der Waals surface area (Å²) in [6.45, 7) is 2.95. The highest BCUT2D eigenvalue weighted by molar-refractivity contribution is 5.68. The summed E-state index contributed by atoms with van der Waals surface area (Å²) in [5.41, 5.74) is 4.31. The number of rotatable bonds is 3. The van der Waals surface area contributed by atoms with Crippen molar-refractivity contribution in [2.75, 3.05) is 13.1 Å². The molecule has 2 N–H and O–H groups in total. The van der Waals surface area contributed by atoms with Gasteiger partial charge in [0.15, 0.2) is 0 Å². The van der Waals surface area contributed by atoms with Crippen LogP contribution < -0.4 is 5.73 Å². The van der Waals surface area contributed by atoms with Gasteiger partial charge in [0.25, 0.3) is 0 Å². The van der Waals surface area contributed by atoms with E-state index in [9.17, 15) is 18.0 Å². The first-order chi connectivity index (χ1) is 12.2. The average molecular weight is 362 g/mol. The van der Waals surface area contributed by atoms with E-state index in [0.717, 1.165) is 24.3 Å². The third-order valence-electron chi connectivity index (χ3n) is 3.50. The van der Waals surface area contributed by atoms with E-state index >= 15 is 0 Å². The van der Waals surface area contributed by atoms with Gasteiger partial charge in [-0.3, -0.25) is 0 Å². The minimum absolute atomic E-state index is 0.0240. The van der Waals surface area contributed by atoms with Gasteiger partial charge in [-0.15, -0.1) is 0 Å². The monoisotopic (exact) mass is 362 g/mol. The van der Waals surface area contributed by atoms with Crippen molar-refractivity contribution in [2.24, 2.45) is 5.73 Å². The first kappa shape index (κ1) is 16.7. The third-order valence-corrected chi connectivity index (χ3v) is 3.50. The standard InChI is InChI=1S/C17H23F3N2O3/c1-16(2,3)25-15(23)22-8-13(21)14(9-22)24-10-11-4-6-12(7-5-11)17(18,19)20/h4-7,13-14H,8-10,21H2,1-3H3/t13-,14-/m1/s1/i10D2. The zero-order chi connectivity index (χ0) is 20.6. The first-order valence-electron chi connectivity index (χ1n) is 8.78. The maximum Gasteiger partial charge on any atom is 0.416 e. The number of nitrogens with zero attached hydrogens (tertiary/aromatic N) is 1. The fourth-order valence-electron chi connectivity index (χ4n) is 2.27. The molecule has 1 aromatic rings. The van der Waals surface area contributed by atoms with Crippen LogP contribution in [0.3, 0.4) is 0 Å². The number of amides is 1. The fraction of sp³-hybridized carbons (Fsp3) is 0.588. The van der Waals surface area contributed by atoms with E-state index in [1.54, 1.807) is 20.8 Å². The second-order valence-electron chi connectivity index (χ2n) is 6.88. The minimum atomic E-state index is -4.51. The molecule has 0 aromatic heterocycles. The summed E-state index contributed by atoms with van der Waals surface area (Å²) >= 11 is 0. The normalized spacial score (nSPS) is 23.2. The van der Waals surface area contributed by atoms with E-state index in [1.807, 2.05) is 0 Å². The van der Waals surface area contributed by atoms with Crippen molar-refractivity contribution in [1.29, 1.82) is 0 Å². The summed E-state index contributed by atoms with van der Waals surface area (Å²) < 4.78 is 64.7. The number of benzene rings is 1. The molecule has 1 aliphatic rings. The van der Waals surface area contributed by atoms with Crippen LogP contribution in [0, 0.1) is 0 Å². The number of hydrogen-bond acceptors (Lipinski definition) is 4. The molecule has 0 saturated carbocycles. The number of likely N-dealkylation sites (tertiary alicyclic amines) is 1. The van der Waals surface area contributed by atoms with Crippen molar-refractivity contribution in [3.05, 3.63) is 35.4 Å². The molecule has 1 saturated heterocycles. The van der Waals surface area contributed by atoms with E-state index in [-0.39, 0.29) is 18.7 Å². The van der Waals surface area contributed by atoms with Crippen molar-refractivity contribution in [1.82, 2.24) is 4.90 Å². The molecule has 0 radical (unpaired) electrons. The Kier molecular flexibility index (Phi) is 4.80. The maximum atomic E-state index is 12.6. The Hall–Kier alpha value is -1.80. The molecule has 1 heterocycles. The van der Waals surface area contributed by atoms with Crippen molar-refractivity contribution in [3.8, 4) is 0 Å². The van der Waals surface area contributed by atoms with Gasteiger partial charge in [0.1, 0.15) is 5.60 Å². The van der Waals surface area contributed by atoms with E-state index in [2.05, 4.69) is 0 Å². The molecule has 0 unspecified atom stereocenters. The summed E-state index contributed by atoms with van der Waals surface area (Å²) in [5, 5.41) is 0. The summed E-state index contributed by atoms with van der Waals surface area (Å²) in [6, 6.07) is 2.97. The molecule has 25 heavy (non-hydrogen) atoms. The Morgan fingerprint density at radius 1 is 1.28 bits per heavy atom. The molecule has 1 aromatic carbocycles. The molecule has 1 amide bonds. The third kappa shape index (κ3) is 5.61. The lowest BCUT2D eigenvalue weighted by Crippen LogP contribution is -2.36. The van der Waals surface area contributed by atoms with Gasteiger partial charge in [0.05, 0.1) is 33.6 Å². The van der Waals surface area contributed by atoms with E-state index in [4.69, 9.17) is 17.9 Å². The smallest absolute Gasteiger partial charge is 0.416 e. The fourth-order valence-corrected chi connectivity index (χ4v) is 2.27. The van der Waals surface area contributed by atoms with E-state index < -0.39 is 42.1 Å². The molecule has 5 nitrogen and oxygen atoms in total. The molecule has 2 atom stereocenters. The second kappa shape index (κ2) is 7.21. The highest BCUT2D eigenvalue weighted by Gasteiger charge is 2.36. The highest BCUT2D eigenvalue weighted by atomic mass is 19.4. The number of alkyl halides is 3. The Balaban J connectivity index is 2.05. The van der Waals surface area contributed by atoms with Crippen molar-refractivity contribution in [3.63, 3.8) is 0 Å². The lowest BCUT2D eigenvalue weighted by atomic mass is 10.1. The van der Waals surface area contributed by atoms with Crippen LogP contribution in [0.1, 0.15) is 34.6 Å². The minimum Gasteiger partial charge on any atom is -0.444 e. The Bertz CT molecular complexity index is 675. The van der Waals surface area contributed by atoms with Crippen LogP contribution in [-0.2, 0) is 22.2 Å². The van der Waals surface area contributed by atoms with Crippen molar-refractivity contribution >= 4 is 6.09 Å². The van der Waals surface area contributed by atoms with Crippen LogP contribution in [0.5, 0.6) is 0 Å². The number of nitrogens with two attached hydrogens (primary N) is 1. The zero-order valence-corrected chi connectivity index (χ0v) is 14.3. The molecule has 0 bridgehead atoms. The van der Waals surface area contributed by atoms with Crippen LogP contribution in [0.2, 0.25) is 0 Å². The number of hydrogen-bond donors (Lipinski definition) is 1. The van der Waals surface area contributed by atoms with Gasteiger partial charge in [-0.05, 0) is 38.5 Å². The van der Waals surface area contributed by atoms with E-state index in [1.165, 1.54) is 4.90 Å². The SMILES string of the molecule is [2H]C([2H])(O[C@@H]1CN(C(=O)OC(C)(C)C)C[C@H]1N)c1ccc(C(F)(F)F)cc1. The Morgan fingerprint density at radius 3 is 2.40 bits per heavy atom. The predicted octanol–water partition coefficient (Wildman–Crippen LogP) is 3.17. The van der Waals surface area contributed by atoms with Gasteiger partial charge < -0.3 is 20.1 Å². The molecule has 1 fully saturated rings. The van der Waals surface area contributed by atoms with Gasteiger partial charge in [-0.1, -0.05) is 12.1 Å². The second-order valence-corrected chi connectivity index (χ2v) is 6.88. The molecule has 140 valence electrons. The average Bonchev–Trinajstić information content (AvgIpc) is 2.85. The van der Waals surface area contributed by atoms with Crippen LogP contribution >= 0.6 is 0 Å². The molecule has 1 aliphatic heterocycles. The zero-order valence-electron chi connectivity index (χ0n) is 16.3. The molecular weight excluding hydrogens is 337 g/mol. The first-order valence-corrected chi connectivity index (χ1v) is 7.78. The lowest BCUT2D eigenvalue weighted by Gasteiger charge is -2.24. The quantitative estimate of drug-likeness (QED) is 0.897. The Morgan fingerprint density at radius 2 is 1.88 bits per heavy atom. The largest absolute Gasteiger partial charge is 0.444 e. The van der Waals surface area contributed by atoms with E-state index in [0.29, 0.717) is 0 Å². The molecule has 2 rings (SSSR count). The molecular formula is C17H23F3N2O3. The number of halogens is 3. The number of carbonyl (C=O) groups is 1. The summed E-state index contributed by atoms with van der Waals surface area (Å²) in [4.78, 5) is 13.4. The molecule has 8 heteroatoms. The van der Waals surface area contributed by atoms with Crippen LogP contribution in [-0.4, -0.2) is 41.8 Å². The summed E-state index contributed by atoms with van der Waals surface area (Å²) in [6.07, 6.45) is -5.91. The van der Waals surface area contributed by atoms with Gasteiger partial charge in [0.2, 0.25) is 0 Å². The van der Waals surface area contributed by atoms with Gasteiger partial charge in [-0.2, -0.15) is 13.2 Å². The number of carbonyl (C=O) groups excluding carboxylic acids is 1. The number of ether oxygens (including phenoxy) is 2. The summed E-state index contributed by atoms with van der Waals surface area (Å²) in [5.74, 6) is 0. The maximum absolute atomic E-state index is 12.6. The van der Waals surface area contributed by atoms with Crippen molar-refractivity contribution < 1.29 is 30.2 Å². The molecule has 0 aliphatic carbocycles. The topological polar surface area (TPSA) is 64.8 Å². The predicted molar refractivity (Wildman–Crippen MR) is 85.8 cm³/mol. The van der Waals surface area contributed by atoms with Gasteiger partial charge >= 0.3 is 12.3 Å². The van der Waals surface area contributed by atoms with Crippen molar-refractivity contribution in [2.45, 2.75) is 51.3 Å². The Labute approximate surface area is 147 Å².